The topological polar surface area (TPSA) is 39.1 Å². The Balaban J connectivity index is 2.87. The Morgan fingerprint density at radius 2 is 2.00 bits per heavy atom. The molecule has 0 saturated carbocycles. The van der Waals surface area contributed by atoms with Gasteiger partial charge in [0.1, 0.15) is 6.29 Å². The molecule has 0 saturated heterocycles. The van der Waals surface area contributed by atoms with E-state index in [0.29, 0.717) is 5.56 Å². The molecule has 70 valence electrons. The highest BCUT2D eigenvalue weighted by Crippen LogP contribution is 2.12. The number of aldehydes is 1. The summed E-state index contributed by atoms with van der Waals surface area (Å²) in [4.78, 5) is 21.8. The first-order valence-electron chi connectivity index (χ1n) is 4.27. The molecular formula is C11H9NO2. The van der Waals surface area contributed by atoms with Crippen LogP contribution in [0.4, 0.5) is 0 Å². The van der Waals surface area contributed by atoms with Crippen LogP contribution in [0.5, 0.6) is 0 Å². The lowest BCUT2D eigenvalue weighted by molar-refractivity contribution is 0.112. The van der Waals surface area contributed by atoms with Crippen molar-refractivity contribution < 1.29 is 4.79 Å². The molecule has 0 bridgehead atoms. The van der Waals surface area contributed by atoms with Crippen molar-refractivity contribution in [3.8, 4) is 0 Å². The van der Waals surface area contributed by atoms with Crippen LogP contribution in [0.15, 0.2) is 35.1 Å². The maximum Gasteiger partial charge on any atom is 0.250 e. The van der Waals surface area contributed by atoms with Gasteiger partial charge in [0.25, 0.3) is 5.56 Å². The van der Waals surface area contributed by atoms with Crippen LogP contribution in [0.1, 0.15) is 10.4 Å². The van der Waals surface area contributed by atoms with Crippen molar-refractivity contribution >= 4 is 17.2 Å². The van der Waals surface area contributed by atoms with E-state index in [4.69, 9.17) is 0 Å². The molecule has 0 unspecified atom stereocenters. The molecule has 2 rings (SSSR count). The van der Waals surface area contributed by atoms with Gasteiger partial charge in [-0.2, -0.15) is 0 Å². The number of nitrogens with zero attached hydrogens (tertiary/aromatic N) is 1. The first kappa shape index (κ1) is 8.69. The Hall–Kier alpha value is -1.90. The summed E-state index contributed by atoms with van der Waals surface area (Å²) in [7, 11) is 1.71. The van der Waals surface area contributed by atoms with Crippen LogP contribution in [-0.2, 0) is 7.05 Å². The lowest BCUT2D eigenvalue weighted by Gasteiger charge is -2.03. The van der Waals surface area contributed by atoms with Gasteiger partial charge in [0.2, 0.25) is 0 Å². The lowest BCUT2D eigenvalue weighted by atomic mass is 10.1. The summed E-state index contributed by atoms with van der Waals surface area (Å²) in [5.41, 5.74) is 1.41. The Morgan fingerprint density at radius 3 is 2.71 bits per heavy atom. The number of pyridine rings is 1. The molecule has 0 N–H and O–H groups in total. The molecule has 3 heteroatoms. The fourth-order valence-corrected chi connectivity index (χ4v) is 1.48. The highest BCUT2D eigenvalue weighted by Gasteiger charge is 1.99. The Bertz CT molecular complexity index is 555. The minimum absolute atomic E-state index is 0.0450. The number of aromatic nitrogens is 1. The van der Waals surface area contributed by atoms with Crippen molar-refractivity contribution in [2.45, 2.75) is 0 Å². The van der Waals surface area contributed by atoms with Crippen molar-refractivity contribution in [1.82, 2.24) is 4.57 Å². The first-order valence-corrected chi connectivity index (χ1v) is 4.27. The monoisotopic (exact) mass is 187 g/mol. The van der Waals surface area contributed by atoms with E-state index in [9.17, 15) is 9.59 Å². The van der Waals surface area contributed by atoms with Crippen LogP contribution in [0, 0.1) is 0 Å². The van der Waals surface area contributed by atoms with Gasteiger partial charge in [-0.15, -0.1) is 0 Å². The molecule has 0 fully saturated rings. The third kappa shape index (κ3) is 1.23. The van der Waals surface area contributed by atoms with E-state index in [2.05, 4.69) is 0 Å². The fraction of sp³-hybridized carbons (Fsp3) is 0.0909. The SMILES string of the molecule is Cn1c(=O)ccc2cc(C=O)ccc21. The molecule has 2 aromatic rings. The molecule has 0 radical (unpaired) electrons. The molecular weight excluding hydrogens is 178 g/mol. The van der Waals surface area contributed by atoms with Crippen LogP contribution in [0.2, 0.25) is 0 Å². The summed E-state index contributed by atoms with van der Waals surface area (Å²) in [6.45, 7) is 0. The number of aryl methyl sites for hydroxylation is 1. The van der Waals surface area contributed by atoms with E-state index in [0.717, 1.165) is 17.2 Å². The molecule has 0 aliphatic heterocycles. The third-order valence-corrected chi connectivity index (χ3v) is 2.29. The van der Waals surface area contributed by atoms with Crippen LogP contribution in [0.25, 0.3) is 10.9 Å². The summed E-state index contributed by atoms with van der Waals surface area (Å²) < 4.78 is 1.56. The zero-order valence-corrected chi connectivity index (χ0v) is 7.73. The molecule has 3 nitrogen and oxygen atoms in total. The number of hydrogen-bond donors (Lipinski definition) is 0. The van der Waals surface area contributed by atoms with Crippen molar-refractivity contribution in [2.75, 3.05) is 0 Å². The van der Waals surface area contributed by atoms with E-state index < -0.39 is 0 Å². The second kappa shape index (κ2) is 3.10. The average molecular weight is 187 g/mol. The maximum atomic E-state index is 11.3. The van der Waals surface area contributed by atoms with Crippen molar-refractivity contribution in [1.29, 1.82) is 0 Å². The van der Waals surface area contributed by atoms with Gasteiger partial charge in [0.05, 0.1) is 5.52 Å². The quantitative estimate of drug-likeness (QED) is 0.632. The van der Waals surface area contributed by atoms with Crippen molar-refractivity contribution in [3.05, 3.63) is 46.2 Å². The van der Waals surface area contributed by atoms with E-state index in [1.54, 1.807) is 35.9 Å². The van der Waals surface area contributed by atoms with Crippen LogP contribution in [0.3, 0.4) is 0 Å². The smallest absolute Gasteiger partial charge is 0.250 e. The summed E-state index contributed by atoms with van der Waals surface area (Å²) in [6, 6.07) is 8.47. The fourth-order valence-electron chi connectivity index (χ4n) is 1.48. The summed E-state index contributed by atoms with van der Waals surface area (Å²) in [5, 5.41) is 0.900. The summed E-state index contributed by atoms with van der Waals surface area (Å²) in [5.74, 6) is 0. The number of benzene rings is 1. The molecule has 0 atom stereocenters. The first-order chi connectivity index (χ1) is 6.72. The number of carbonyl (C=O) groups excluding carboxylic acids is 1. The molecule has 1 aromatic heterocycles. The second-order valence-electron chi connectivity index (χ2n) is 3.17. The van der Waals surface area contributed by atoms with Crippen molar-refractivity contribution in [2.24, 2.45) is 7.05 Å². The maximum absolute atomic E-state index is 11.3. The van der Waals surface area contributed by atoms with Gasteiger partial charge in [0, 0.05) is 18.7 Å². The normalized spacial score (nSPS) is 10.4. The van der Waals surface area contributed by atoms with E-state index >= 15 is 0 Å². The molecule has 0 aliphatic rings. The molecule has 1 heterocycles. The highest BCUT2D eigenvalue weighted by atomic mass is 16.1. The molecule has 0 spiro atoms. The summed E-state index contributed by atoms with van der Waals surface area (Å²) >= 11 is 0. The average Bonchev–Trinajstić information content (AvgIpc) is 2.23. The van der Waals surface area contributed by atoms with Crippen molar-refractivity contribution in [3.63, 3.8) is 0 Å². The molecule has 1 aromatic carbocycles. The Labute approximate surface area is 80.6 Å². The van der Waals surface area contributed by atoms with E-state index in [1.807, 2.05) is 0 Å². The Kier molecular flexibility index (Phi) is 1.93. The van der Waals surface area contributed by atoms with Crippen LogP contribution in [-0.4, -0.2) is 10.9 Å². The zero-order valence-electron chi connectivity index (χ0n) is 7.73. The number of hydrogen-bond acceptors (Lipinski definition) is 2. The lowest BCUT2D eigenvalue weighted by Crippen LogP contribution is -2.14. The van der Waals surface area contributed by atoms with Gasteiger partial charge < -0.3 is 4.57 Å². The highest BCUT2D eigenvalue weighted by molar-refractivity contribution is 5.86. The van der Waals surface area contributed by atoms with Crippen LogP contribution >= 0.6 is 0 Å². The number of rotatable bonds is 1. The van der Waals surface area contributed by atoms with Crippen LogP contribution < -0.4 is 5.56 Å². The number of fused-ring (bicyclic) bond motifs is 1. The predicted molar refractivity (Wildman–Crippen MR) is 54.6 cm³/mol. The molecule has 14 heavy (non-hydrogen) atoms. The van der Waals surface area contributed by atoms with Gasteiger partial charge in [0.15, 0.2) is 0 Å². The van der Waals surface area contributed by atoms with E-state index in [-0.39, 0.29) is 5.56 Å². The minimum atomic E-state index is -0.0450. The van der Waals surface area contributed by atoms with Gasteiger partial charge >= 0.3 is 0 Å². The van der Waals surface area contributed by atoms with Gasteiger partial charge in [-0.05, 0) is 29.7 Å². The standard InChI is InChI=1S/C11H9NO2/c1-12-10-4-2-8(7-13)6-9(10)3-5-11(12)14/h2-7H,1H3. The molecule has 0 aliphatic carbocycles. The molecule has 0 amide bonds. The predicted octanol–water partition coefficient (Wildman–Crippen LogP) is 1.35. The van der Waals surface area contributed by atoms with E-state index in [1.165, 1.54) is 6.07 Å². The zero-order chi connectivity index (χ0) is 10.1. The largest absolute Gasteiger partial charge is 0.311 e. The number of carbonyl (C=O) groups is 1. The van der Waals surface area contributed by atoms with Gasteiger partial charge in [-0.25, -0.2) is 0 Å². The summed E-state index contributed by atoms with van der Waals surface area (Å²) in [6.07, 6.45) is 0.796. The minimum Gasteiger partial charge on any atom is -0.311 e. The van der Waals surface area contributed by atoms with Gasteiger partial charge in [-0.3, -0.25) is 9.59 Å². The van der Waals surface area contributed by atoms with Gasteiger partial charge in [-0.1, -0.05) is 0 Å². The second-order valence-corrected chi connectivity index (χ2v) is 3.17. The third-order valence-electron chi connectivity index (χ3n) is 2.29. The Morgan fingerprint density at radius 1 is 1.21 bits per heavy atom.